The average Bonchev–Trinajstić information content (AvgIpc) is 3.42. The lowest BCUT2D eigenvalue weighted by atomic mass is 10.1. The predicted molar refractivity (Wildman–Crippen MR) is 104 cm³/mol. The second kappa shape index (κ2) is 8.10. The second-order valence-corrected chi connectivity index (χ2v) is 6.83. The summed E-state index contributed by atoms with van der Waals surface area (Å²) in [6.45, 7) is 1.80. The Morgan fingerprint density at radius 3 is 2.50 bits per heavy atom. The van der Waals surface area contributed by atoms with Gasteiger partial charge in [-0.3, -0.25) is 4.79 Å². The minimum absolute atomic E-state index is 0.324. The number of benzene rings is 1. The lowest BCUT2D eigenvalue weighted by Crippen LogP contribution is -2.21. The van der Waals surface area contributed by atoms with Gasteiger partial charge in [0.15, 0.2) is 0 Å². The number of anilines is 2. The van der Waals surface area contributed by atoms with Gasteiger partial charge in [0.2, 0.25) is 0 Å². The molecule has 2 aromatic heterocycles. The molecule has 0 atom stereocenters. The number of carbonyl (C=O) groups is 1. The predicted octanol–water partition coefficient (Wildman–Crippen LogP) is 5.09. The Kier molecular flexibility index (Phi) is 5.35. The zero-order chi connectivity index (χ0) is 21.1. The highest BCUT2D eigenvalue weighted by atomic mass is 19.4. The van der Waals surface area contributed by atoms with Gasteiger partial charge in [-0.2, -0.15) is 0 Å². The molecule has 0 aliphatic carbocycles. The van der Waals surface area contributed by atoms with E-state index in [0.717, 1.165) is 55.0 Å². The third kappa shape index (κ3) is 4.56. The molecule has 0 unspecified atom stereocenters. The lowest BCUT2D eigenvalue weighted by molar-refractivity contribution is -0.274. The summed E-state index contributed by atoms with van der Waals surface area (Å²) >= 11 is 0. The van der Waals surface area contributed by atoms with E-state index in [0.29, 0.717) is 11.3 Å². The third-order valence-electron chi connectivity index (χ3n) is 4.71. The maximum absolute atomic E-state index is 12.7. The van der Waals surface area contributed by atoms with Crippen LogP contribution in [0.15, 0.2) is 59.5 Å². The SMILES string of the molecule is O=C(Nc1ccc(OC(F)(F)F)cc1)c1cnc(N2CCCC2)c(-c2ccoc2)c1. The summed E-state index contributed by atoms with van der Waals surface area (Å²) < 4.78 is 45.8. The molecule has 9 heteroatoms. The van der Waals surface area contributed by atoms with Gasteiger partial charge in [-0.25, -0.2) is 4.98 Å². The molecular weight excluding hydrogens is 399 g/mol. The maximum atomic E-state index is 12.7. The third-order valence-corrected chi connectivity index (χ3v) is 4.71. The molecule has 1 amide bonds. The van der Waals surface area contributed by atoms with Gasteiger partial charge < -0.3 is 19.4 Å². The number of alkyl halides is 3. The largest absolute Gasteiger partial charge is 0.573 e. The van der Waals surface area contributed by atoms with E-state index in [1.54, 1.807) is 24.7 Å². The molecular formula is C21H18F3N3O3. The smallest absolute Gasteiger partial charge is 0.472 e. The fraction of sp³-hybridized carbons (Fsp3) is 0.238. The van der Waals surface area contributed by atoms with E-state index in [2.05, 4.69) is 19.9 Å². The lowest BCUT2D eigenvalue weighted by Gasteiger charge is -2.20. The Morgan fingerprint density at radius 2 is 1.87 bits per heavy atom. The summed E-state index contributed by atoms with van der Waals surface area (Å²) in [5.41, 5.74) is 2.26. The number of amides is 1. The molecule has 3 heterocycles. The van der Waals surface area contributed by atoms with Crippen molar-refractivity contribution in [3.8, 4) is 16.9 Å². The number of furan rings is 1. The van der Waals surface area contributed by atoms with E-state index in [1.165, 1.54) is 18.3 Å². The summed E-state index contributed by atoms with van der Waals surface area (Å²) in [5.74, 6) is 0.00295. The Labute approximate surface area is 170 Å². The zero-order valence-electron chi connectivity index (χ0n) is 15.8. The number of nitrogens with zero attached hydrogens (tertiary/aromatic N) is 2. The van der Waals surface area contributed by atoms with E-state index in [9.17, 15) is 18.0 Å². The van der Waals surface area contributed by atoms with Gasteiger partial charge in [-0.1, -0.05) is 0 Å². The Hall–Kier alpha value is -3.49. The van der Waals surface area contributed by atoms with Crippen LogP contribution in [0.1, 0.15) is 23.2 Å². The topological polar surface area (TPSA) is 67.6 Å². The van der Waals surface area contributed by atoms with Crippen molar-refractivity contribution in [1.82, 2.24) is 4.98 Å². The van der Waals surface area contributed by atoms with Crippen LogP contribution in [0.4, 0.5) is 24.7 Å². The van der Waals surface area contributed by atoms with Gasteiger partial charge >= 0.3 is 6.36 Å². The molecule has 0 bridgehead atoms. The number of hydrogen-bond donors (Lipinski definition) is 1. The molecule has 1 fully saturated rings. The van der Waals surface area contributed by atoms with Crippen LogP contribution in [0.25, 0.3) is 11.1 Å². The molecule has 1 aliphatic heterocycles. The van der Waals surface area contributed by atoms with Gasteiger partial charge in [0.25, 0.3) is 5.91 Å². The van der Waals surface area contributed by atoms with Crippen molar-refractivity contribution in [3.63, 3.8) is 0 Å². The molecule has 0 spiro atoms. The van der Waals surface area contributed by atoms with Crippen LogP contribution in [0.3, 0.4) is 0 Å². The van der Waals surface area contributed by atoms with Crippen molar-refractivity contribution in [2.45, 2.75) is 19.2 Å². The number of aromatic nitrogens is 1. The van der Waals surface area contributed by atoms with Crippen molar-refractivity contribution in [3.05, 3.63) is 60.7 Å². The second-order valence-electron chi connectivity index (χ2n) is 6.83. The Balaban J connectivity index is 1.55. The molecule has 1 aromatic carbocycles. The van der Waals surface area contributed by atoms with Crippen LogP contribution in [0.5, 0.6) is 5.75 Å². The summed E-state index contributed by atoms with van der Waals surface area (Å²) in [6.07, 6.45) is 2.05. The van der Waals surface area contributed by atoms with Crippen LogP contribution in [0, 0.1) is 0 Å². The van der Waals surface area contributed by atoms with Crippen LogP contribution in [-0.4, -0.2) is 30.3 Å². The first-order chi connectivity index (χ1) is 14.4. The molecule has 4 rings (SSSR count). The van der Waals surface area contributed by atoms with Gasteiger partial charge in [-0.05, 0) is 49.2 Å². The van der Waals surface area contributed by atoms with Gasteiger partial charge in [0.1, 0.15) is 11.6 Å². The monoisotopic (exact) mass is 417 g/mol. The first-order valence-corrected chi connectivity index (χ1v) is 9.34. The zero-order valence-corrected chi connectivity index (χ0v) is 15.8. The van der Waals surface area contributed by atoms with Gasteiger partial charge in [0, 0.05) is 36.1 Å². The molecule has 3 aromatic rings. The van der Waals surface area contributed by atoms with Gasteiger partial charge in [0.05, 0.1) is 18.1 Å². The van der Waals surface area contributed by atoms with Crippen LogP contribution in [-0.2, 0) is 0 Å². The minimum atomic E-state index is -4.77. The summed E-state index contributed by atoms with van der Waals surface area (Å²) in [5, 5.41) is 2.66. The quantitative estimate of drug-likeness (QED) is 0.626. The van der Waals surface area contributed by atoms with E-state index in [1.807, 2.05) is 0 Å². The van der Waals surface area contributed by atoms with Gasteiger partial charge in [-0.15, -0.1) is 13.2 Å². The fourth-order valence-corrected chi connectivity index (χ4v) is 3.34. The molecule has 30 heavy (non-hydrogen) atoms. The standard InChI is InChI=1S/C21H18F3N3O3/c22-21(23,24)30-17-5-3-16(4-6-17)26-20(28)15-11-18(14-7-10-29-13-14)19(25-12-15)27-8-1-2-9-27/h3-7,10-13H,1-2,8-9H2,(H,26,28). The normalized spacial score (nSPS) is 14.0. The average molecular weight is 417 g/mol. The first-order valence-electron chi connectivity index (χ1n) is 9.34. The Morgan fingerprint density at radius 1 is 1.13 bits per heavy atom. The number of nitrogens with one attached hydrogen (secondary N) is 1. The highest BCUT2D eigenvalue weighted by Crippen LogP contribution is 2.32. The summed E-state index contributed by atoms with van der Waals surface area (Å²) in [6, 6.07) is 8.48. The van der Waals surface area contributed by atoms with Crippen molar-refractivity contribution < 1.29 is 27.1 Å². The minimum Gasteiger partial charge on any atom is -0.472 e. The molecule has 156 valence electrons. The number of carbonyl (C=O) groups excluding carboxylic acids is 1. The number of rotatable bonds is 5. The highest BCUT2D eigenvalue weighted by molar-refractivity contribution is 6.05. The number of hydrogen-bond acceptors (Lipinski definition) is 5. The molecule has 1 saturated heterocycles. The van der Waals surface area contributed by atoms with E-state index in [-0.39, 0.29) is 5.75 Å². The number of halogens is 3. The van der Waals surface area contributed by atoms with Crippen molar-refractivity contribution >= 4 is 17.4 Å². The van der Waals surface area contributed by atoms with Crippen LogP contribution >= 0.6 is 0 Å². The van der Waals surface area contributed by atoms with E-state index < -0.39 is 12.3 Å². The van der Waals surface area contributed by atoms with Crippen molar-refractivity contribution in [1.29, 1.82) is 0 Å². The Bertz CT molecular complexity index is 1010. The molecule has 1 N–H and O–H groups in total. The summed E-state index contributed by atoms with van der Waals surface area (Å²) in [7, 11) is 0. The summed E-state index contributed by atoms with van der Waals surface area (Å²) in [4.78, 5) is 19.4. The fourth-order valence-electron chi connectivity index (χ4n) is 3.34. The van der Waals surface area contributed by atoms with E-state index >= 15 is 0 Å². The van der Waals surface area contributed by atoms with E-state index in [4.69, 9.17) is 4.42 Å². The molecule has 0 saturated carbocycles. The van der Waals surface area contributed by atoms with Crippen molar-refractivity contribution in [2.75, 3.05) is 23.3 Å². The molecule has 6 nitrogen and oxygen atoms in total. The number of ether oxygens (including phenoxy) is 1. The maximum Gasteiger partial charge on any atom is 0.573 e. The van der Waals surface area contributed by atoms with Crippen molar-refractivity contribution in [2.24, 2.45) is 0 Å². The van der Waals surface area contributed by atoms with Crippen LogP contribution in [0.2, 0.25) is 0 Å². The molecule has 1 aliphatic rings. The molecule has 0 radical (unpaired) electrons. The number of pyridine rings is 1. The highest BCUT2D eigenvalue weighted by Gasteiger charge is 2.31. The van der Waals surface area contributed by atoms with Crippen LogP contribution < -0.4 is 15.0 Å². The first kappa shape index (κ1) is 19.8.